The summed E-state index contributed by atoms with van der Waals surface area (Å²) in [5.41, 5.74) is 0.190. The Morgan fingerprint density at radius 1 is 1.11 bits per heavy atom. The van der Waals surface area contributed by atoms with Gasteiger partial charge in [0.25, 0.3) is 5.91 Å². The molecule has 9 heteroatoms. The summed E-state index contributed by atoms with van der Waals surface area (Å²) >= 11 is 0. The van der Waals surface area contributed by atoms with Crippen molar-refractivity contribution in [2.45, 2.75) is 24.8 Å². The molecular formula is C18H17F2NO5S. The highest BCUT2D eigenvalue weighted by molar-refractivity contribution is 7.90. The van der Waals surface area contributed by atoms with E-state index in [1.807, 2.05) is 0 Å². The van der Waals surface area contributed by atoms with Crippen molar-refractivity contribution in [2.75, 3.05) is 11.6 Å². The van der Waals surface area contributed by atoms with Gasteiger partial charge in [-0.1, -0.05) is 6.07 Å². The number of anilines is 1. The summed E-state index contributed by atoms with van der Waals surface area (Å²) in [5.74, 6) is -3.50. The van der Waals surface area contributed by atoms with E-state index in [-0.39, 0.29) is 16.1 Å². The third-order valence-electron chi connectivity index (χ3n) is 3.70. The molecule has 0 aliphatic rings. The molecule has 0 radical (unpaired) electrons. The summed E-state index contributed by atoms with van der Waals surface area (Å²) < 4.78 is 54.8. The van der Waals surface area contributed by atoms with Crippen molar-refractivity contribution in [3.63, 3.8) is 0 Å². The van der Waals surface area contributed by atoms with Crippen LogP contribution in [0.3, 0.4) is 0 Å². The first-order chi connectivity index (χ1) is 12.5. The van der Waals surface area contributed by atoms with E-state index in [4.69, 9.17) is 4.74 Å². The molecule has 0 unspecified atom stereocenters. The van der Waals surface area contributed by atoms with Crippen LogP contribution in [0.5, 0.6) is 0 Å². The summed E-state index contributed by atoms with van der Waals surface area (Å²) in [6.07, 6.45) is -0.302. The Labute approximate surface area is 155 Å². The Morgan fingerprint density at radius 3 is 2.37 bits per heavy atom. The van der Waals surface area contributed by atoms with Crippen LogP contribution in [-0.4, -0.2) is 32.7 Å². The van der Waals surface area contributed by atoms with Gasteiger partial charge in [-0.2, -0.15) is 0 Å². The van der Waals surface area contributed by atoms with Crippen LogP contribution in [0, 0.1) is 18.6 Å². The van der Waals surface area contributed by atoms with E-state index in [0.29, 0.717) is 11.6 Å². The number of halogens is 2. The molecule has 0 bridgehead atoms. The van der Waals surface area contributed by atoms with E-state index in [0.717, 1.165) is 24.5 Å². The zero-order valence-corrected chi connectivity index (χ0v) is 15.6. The second kappa shape index (κ2) is 7.83. The lowest BCUT2D eigenvalue weighted by atomic mass is 10.1. The number of sulfone groups is 1. The van der Waals surface area contributed by atoms with Crippen LogP contribution in [-0.2, 0) is 19.4 Å². The van der Waals surface area contributed by atoms with Crippen molar-refractivity contribution in [3.05, 3.63) is 59.2 Å². The average molecular weight is 397 g/mol. The van der Waals surface area contributed by atoms with Gasteiger partial charge in [-0.15, -0.1) is 0 Å². The zero-order valence-electron chi connectivity index (χ0n) is 14.7. The minimum atomic E-state index is -3.53. The molecule has 2 aromatic rings. The van der Waals surface area contributed by atoms with Gasteiger partial charge in [0.05, 0.1) is 16.1 Å². The van der Waals surface area contributed by atoms with E-state index in [1.165, 1.54) is 19.1 Å². The van der Waals surface area contributed by atoms with Crippen LogP contribution < -0.4 is 5.32 Å². The smallest absolute Gasteiger partial charge is 0.339 e. The predicted octanol–water partition coefficient (Wildman–Crippen LogP) is 2.86. The molecule has 0 spiro atoms. The van der Waals surface area contributed by atoms with Gasteiger partial charge in [0.1, 0.15) is 11.6 Å². The van der Waals surface area contributed by atoms with Gasteiger partial charge in [-0.3, -0.25) is 4.79 Å². The highest BCUT2D eigenvalue weighted by Gasteiger charge is 2.22. The fourth-order valence-electron chi connectivity index (χ4n) is 2.15. The van der Waals surface area contributed by atoms with Crippen molar-refractivity contribution >= 4 is 27.4 Å². The average Bonchev–Trinajstić information content (AvgIpc) is 2.56. The molecule has 0 heterocycles. The number of benzene rings is 2. The van der Waals surface area contributed by atoms with E-state index in [1.54, 1.807) is 6.92 Å². The topological polar surface area (TPSA) is 89.5 Å². The monoisotopic (exact) mass is 397 g/mol. The number of aryl methyl sites for hydroxylation is 1. The van der Waals surface area contributed by atoms with Crippen LogP contribution in [0.25, 0.3) is 0 Å². The van der Waals surface area contributed by atoms with Crippen molar-refractivity contribution in [2.24, 2.45) is 0 Å². The standard InChI is InChI=1S/C18H17F2NO5S/c1-10-4-6-13(27(3,24)25)9-14(10)18(23)26-11(2)17(22)21-16-7-5-12(19)8-15(16)20/h4-9,11H,1-3H3,(H,21,22)/t11-/m1/s1. The van der Waals surface area contributed by atoms with E-state index >= 15 is 0 Å². The quantitative estimate of drug-likeness (QED) is 0.784. The summed E-state index contributed by atoms with van der Waals surface area (Å²) in [5, 5.41) is 2.19. The number of ether oxygens (including phenoxy) is 1. The van der Waals surface area contributed by atoms with Crippen LogP contribution >= 0.6 is 0 Å². The molecule has 1 N–H and O–H groups in total. The van der Waals surface area contributed by atoms with Crippen molar-refractivity contribution < 1.29 is 31.5 Å². The minimum absolute atomic E-state index is 0.00876. The third kappa shape index (κ3) is 5.10. The van der Waals surface area contributed by atoms with Crippen LogP contribution in [0.4, 0.5) is 14.5 Å². The number of esters is 1. The lowest BCUT2D eigenvalue weighted by molar-refractivity contribution is -0.123. The zero-order chi connectivity index (χ0) is 20.4. The normalized spacial score (nSPS) is 12.3. The molecular weight excluding hydrogens is 380 g/mol. The molecule has 27 heavy (non-hydrogen) atoms. The Balaban J connectivity index is 2.14. The molecule has 1 amide bonds. The fraction of sp³-hybridized carbons (Fsp3) is 0.222. The summed E-state index contributed by atoms with van der Waals surface area (Å²) in [6, 6.07) is 6.58. The Hall–Kier alpha value is -2.81. The minimum Gasteiger partial charge on any atom is -0.449 e. The Morgan fingerprint density at radius 2 is 1.78 bits per heavy atom. The Bertz CT molecular complexity index is 1000. The number of carbonyl (C=O) groups is 2. The van der Waals surface area contributed by atoms with Gasteiger partial charge in [0, 0.05) is 12.3 Å². The van der Waals surface area contributed by atoms with E-state index in [9.17, 15) is 26.8 Å². The first-order valence-corrected chi connectivity index (χ1v) is 9.66. The maximum atomic E-state index is 13.6. The molecule has 0 aliphatic heterocycles. The highest BCUT2D eigenvalue weighted by Crippen LogP contribution is 2.18. The lowest BCUT2D eigenvalue weighted by Gasteiger charge is -2.15. The largest absolute Gasteiger partial charge is 0.449 e. The van der Waals surface area contributed by atoms with Gasteiger partial charge in [-0.25, -0.2) is 22.0 Å². The van der Waals surface area contributed by atoms with Gasteiger partial charge in [-0.05, 0) is 43.7 Å². The fourth-order valence-corrected chi connectivity index (χ4v) is 2.80. The second-order valence-electron chi connectivity index (χ2n) is 5.91. The summed E-state index contributed by atoms with van der Waals surface area (Å²) in [4.78, 5) is 24.3. The molecule has 144 valence electrons. The molecule has 0 saturated heterocycles. The molecule has 0 fully saturated rings. The SMILES string of the molecule is Cc1ccc(S(C)(=O)=O)cc1C(=O)O[C@H](C)C(=O)Nc1ccc(F)cc1F. The summed E-state index contributed by atoms with van der Waals surface area (Å²) in [7, 11) is -3.53. The second-order valence-corrected chi connectivity index (χ2v) is 7.93. The number of hydrogen-bond acceptors (Lipinski definition) is 5. The van der Waals surface area contributed by atoms with Crippen molar-refractivity contribution in [1.29, 1.82) is 0 Å². The van der Waals surface area contributed by atoms with E-state index < -0.39 is 39.5 Å². The van der Waals surface area contributed by atoms with Crippen LogP contribution in [0.1, 0.15) is 22.8 Å². The third-order valence-corrected chi connectivity index (χ3v) is 4.81. The number of hydrogen-bond donors (Lipinski definition) is 1. The van der Waals surface area contributed by atoms with Gasteiger partial charge < -0.3 is 10.1 Å². The summed E-state index contributed by atoms with van der Waals surface area (Å²) in [6.45, 7) is 2.85. The van der Waals surface area contributed by atoms with Crippen molar-refractivity contribution in [3.8, 4) is 0 Å². The van der Waals surface area contributed by atoms with Crippen molar-refractivity contribution in [1.82, 2.24) is 0 Å². The van der Waals surface area contributed by atoms with Gasteiger partial charge in [0.15, 0.2) is 15.9 Å². The molecule has 1 atom stereocenters. The molecule has 0 aliphatic carbocycles. The molecule has 2 rings (SSSR count). The maximum absolute atomic E-state index is 13.6. The number of amides is 1. The lowest BCUT2D eigenvalue weighted by Crippen LogP contribution is -2.30. The van der Waals surface area contributed by atoms with Gasteiger partial charge >= 0.3 is 5.97 Å². The number of rotatable bonds is 5. The highest BCUT2D eigenvalue weighted by atomic mass is 32.2. The first-order valence-electron chi connectivity index (χ1n) is 7.76. The molecule has 6 nitrogen and oxygen atoms in total. The maximum Gasteiger partial charge on any atom is 0.339 e. The van der Waals surface area contributed by atoms with Gasteiger partial charge in [0.2, 0.25) is 0 Å². The number of nitrogens with one attached hydrogen (secondary N) is 1. The molecule has 0 aromatic heterocycles. The van der Waals surface area contributed by atoms with E-state index in [2.05, 4.69) is 5.32 Å². The molecule has 2 aromatic carbocycles. The first kappa shape index (κ1) is 20.5. The van der Waals surface area contributed by atoms with Crippen LogP contribution in [0.2, 0.25) is 0 Å². The molecule has 0 saturated carbocycles. The predicted molar refractivity (Wildman–Crippen MR) is 94.2 cm³/mol. The number of carbonyl (C=O) groups excluding carboxylic acids is 2. The van der Waals surface area contributed by atoms with Crippen LogP contribution in [0.15, 0.2) is 41.3 Å². The Kier molecular flexibility index (Phi) is 5.94.